The van der Waals surface area contributed by atoms with Crippen molar-refractivity contribution in [3.05, 3.63) is 28.8 Å². The molecule has 1 aromatic carbocycles. The highest BCUT2D eigenvalue weighted by Crippen LogP contribution is 2.22. The molecule has 23 heavy (non-hydrogen) atoms. The van der Waals surface area contributed by atoms with Gasteiger partial charge in [-0.3, -0.25) is 4.79 Å². The lowest BCUT2D eigenvalue weighted by Gasteiger charge is -2.24. The van der Waals surface area contributed by atoms with Gasteiger partial charge < -0.3 is 20.7 Å². The lowest BCUT2D eigenvalue weighted by Crippen LogP contribution is -2.42. The average molecular weight is 342 g/mol. The van der Waals surface area contributed by atoms with Gasteiger partial charge in [0.05, 0.1) is 17.2 Å². The number of nitrogens with one attached hydrogen (secondary N) is 3. The van der Waals surface area contributed by atoms with E-state index in [1.807, 2.05) is 20.8 Å². The highest BCUT2D eigenvalue weighted by molar-refractivity contribution is 6.34. The Hall–Kier alpha value is -1.79. The van der Waals surface area contributed by atoms with Crippen LogP contribution in [0.3, 0.4) is 0 Å². The van der Waals surface area contributed by atoms with Crippen LogP contribution in [0, 0.1) is 0 Å². The first kappa shape index (κ1) is 19.3. The van der Waals surface area contributed by atoms with Gasteiger partial charge in [0.25, 0.3) is 5.91 Å². The molecule has 6 nitrogen and oxygen atoms in total. The van der Waals surface area contributed by atoms with Crippen LogP contribution in [0.25, 0.3) is 0 Å². The molecular weight excluding hydrogens is 318 g/mol. The maximum absolute atomic E-state index is 12.2. The SMILES string of the molecule is CCC(C)(C)NC(=O)c1ccc(NC(=O)NCCOC)cc1Cl. The van der Waals surface area contributed by atoms with Crippen LogP contribution in [-0.2, 0) is 4.74 Å². The molecule has 0 atom stereocenters. The van der Waals surface area contributed by atoms with Gasteiger partial charge in [-0.05, 0) is 38.5 Å². The third-order valence-corrected chi connectivity index (χ3v) is 3.71. The van der Waals surface area contributed by atoms with E-state index in [9.17, 15) is 9.59 Å². The second kappa shape index (κ2) is 8.74. The highest BCUT2D eigenvalue weighted by atomic mass is 35.5. The van der Waals surface area contributed by atoms with Crippen LogP contribution in [0.4, 0.5) is 10.5 Å². The van der Waals surface area contributed by atoms with Gasteiger partial charge >= 0.3 is 6.03 Å². The maximum atomic E-state index is 12.2. The standard InChI is InChI=1S/C16H24ClN3O3/c1-5-16(2,3)20-14(21)12-7-6-11(10-13(12)17)19-15(22)18-8-9-23-4/h6-7,10H,5,8-9H2,1-4H3,(H,20,21)(H2,18,19,22). The summed E-state index contributed by atoms with van der Waals surface area (Å²) in [5.41, 5.74) is 0.577. The van der Waals surface area contributed by atoms with Gasteiger partial charge in [0.2, 0.25) is 0 Å². The summed E-state index contributed by atoms with van der Waals surface area (Å²) in [7, 11) is 1.56. The number of hydrogen-bond acceptors (Lipinski definition) is 3. The zero-order chi connectivity index (χ0) is 17.5. The van der Waals surface area contributed by atoms with E-state index in [2.05, 4.69) is 16.0 Å². The van der Waals surface area contributed by atoms with Gasteiger partial charge in [-0.15, -0.1) is 0 Å². The summed E-state index contributed by atoms with van der Waals surface area (Å²) in [6, 6.07) is 4.41. The molecule has 1 rings (SSSR count). The molecule has 7 heteroatoms. The average Bonchev–Trinajstić information content (AvgIpc) is 2.47. The molecule has 0 aliphatic carbocycles. The van der Waals surface area contributed by atoms with Crippen molar-refractivity contribution < 1.29 is 14.3 Å². The second-order valence-electron chi connectivity index (χ2n) is 5.76. The highest BCUT2D eigenvalue weighted by Gasteiger charge is 2.20. The van der Waals surface area contributed by atoms with Gasteiger partial charge in [-0.1, -0.05) is 18.5 Å². The maximum Gasteiger partial charge on any atom is 0.319 e. The summed E-state index contributed by atoms with van der Waals surface area (Å²) in [4.78, 5) is 23.9. The van der Waals surface area contributed by atoms with Crippen molar-refractivity contribution in [3.63, 3.8) is 0 Å². The summed E-state index contributed by atoms with van der Waals surface area (Å²) >= 11 is 6.15. The molecule has 1 aromatic rings. The number of urea groups is 1. The van der Waals surface area contributed by atoms with E-state index in [4.69, 9.17) is 16.3 Å². The molecule has 0 bridgehead atoms. The van der Waals surface area contributed by atoms with Crippen LogP contribution in [0.5, 0.6) is 0 Å². The molecule has 0 saturated carbocycles. The molecule has 0 heterocycles. The van der Waals surface area contributed by atoms with Gasteiger partial charge in [0.15, 0.2) is 0 Å². The second-order valence-corrected chi connectivity index (χ2v) is 6.17. The summed E-state index contributed by atoms with van der Waals surface area (Å²) < 4.78 is 4.84. The number of carbonyl (C=O) groups excluding carboxylic acids is 2. The van der Waals surface area contributed by atoms with Crippen LogP contribution in [0.2, 0.25) is 5.02 Å². The molecule has 3 amide bonds. The Balaban J connectivity index is 2.71. The third kappa shape index (κ3) is 6.46. The van der Waals surface area contributed by atoms with Crippen molar-refractivity contribution in [2.75, 3.05) is 25.6 Å². The van der Waals surface area contributed by atoms with Crippen LogP contribution in [0.15, 0.2) is 18.2 Å². The number of rotatable bonds is 7. The molecular formula is C16H24ClN3O3. The van der Waals surface area contributed by atoms with E-state index in [-0.39, 0.29) is 22.5 Å². The fourth-order valence-electron chi connectivity index (χ4n) is 1.68. The normalized spacial score (nSPS) is 11.0. The predicted molar refractivity (Wildman–Crippen MR) is 92.2 cm³/mol. The first-order valence-electron chi connectivity index (χ1n) is 7.45. The van der Waals surface area contributed by atoms with Crippen LogP contribution < -0.4 is 16.0 Å². The van der Waals surface area contributed by atoms with Crippen LogP contribution in [0.1, 0.15) is 37.6 Å². The monoisotopic (exact) mass is 341 g/mol. The molecule has 0 fully saturated rings. The third-order valence-electron chi connectivity index (χ3n) is 3.40. The number of ether oxygens (including phenoxy) is 1. The number of benzene rings is 1. The number of halogens is 1. The Morgan fingerprint density at radius 1 is 1.30 bits per heavy atom. The molecule has 0 saturated heterocycles. The van der Waals surface area contributed by atoms with E-state index < -0.39 is 0 Å². The van der Waals surface area contributed by atoms with Crippen molar-refractivity contribution >= 4 is 29.2 Å². The van der Waals surface area contributed by atoms with Gasteiger partial charge in [0.1, 0.15) is 0 Å². The largest absolute Gasteiger partial charge is 0.383 e. The Kier molecular flexibility index (Phi) is 7.32. The van der Waals surface area contributed by atoms with Crippen molar-refractivity contribution in [2.24, 2.45) is 0 Å². The molecule has 0 aliphatic rings. The molecule has 0 radical (unpaired) electrons. The van der Waals surface area contributed by atoms with Crippen molar-refractivity contribution in [3.8, 4) is 0 Å². The van der Waals surface area contributed by atoms with E-state index >= 15 is 0 Å². The first-order chi connectivity index (χ1) is 10.8. The predicted octanol–water partition coefficient (Wildman–Crippen LogP) is 3.03. The van der Waals surface area contributed by atoms with E-state index in [0.717, 1.165) is 6.42 Å². The Morgan fingerprint density at radius 2 is 2.00 bits per heavy atom. The Labute approximate surface area is 141 Å². The van der Waals surface area contributed by atoms with Crippen molar-refractivity contribution in [2.45, 2.75) is 32.7 Å². The Morgan fingerprint density at radius 3 is 2.57 bits per heavy atom. The molecule has 0 aromatic heterocycles. The summed E-state index contributed by atoms with van der Waals surface area (Å²) in [6.45, 7) is 6.72. The minimum absolute atomic E-state index is 0.238. The molecule has 128 valence electrons. The number of carbonyl (C=O) groups is 2. The minimum Gasteiger partial charge on any atom is -0.383 e. The van der Waals surface area contributed by atoms with Crippen molar-refractivity contribution in [1.82, 2.24) is 10.6 Å². The van der Waals surface area contributed by atoms with E-state index in [1.54, 1.807) is 25.3 Å². The number of hydrogen-bond donors (Lipinski definition) is 3. The van der Waals surface area contributed by atoms with E-state index in [0.29, 0.717) is 24.4 Å². The Bertz CT molecular complexity index is 562. The number of anilines is 1. The fraction of sp³-hybridized carbons (Fsp3) is 0.500. The zero-order valence-corrected chi connectivity index (χ0v) is 14.7. The number of amides is 3. The summed E-state index contributed by atoms with van der Waals surface area (Å²) in [5.74, 6) is -0.238. The van der Waals surface area contributed by atoms with Crippen molar-refractivity contribution in [1.29, 1.82) is 0 Å². The van der Waals surface area contributed by atoms with E-state index in [1.165, 1.54) is 0 Å². The smallest absolute Gasteiger partial charge is 0.319 e. The molecule has 0 unspecified atom stereocenters. The summed E-state index contributed by atoms with van der Waals surface area (Å²) in [5, 5.41) is 8.48. The molecule has 3 N–H and O–H groups in total. The van der Waals surface area contributed by atoms with Gasteiger partial charge in [-0.25, -0.2) is 4.79 Å². The first-order valence-corrected chi connectivity index (χ1v) is 7.82. The number of methoxy groups -OCH3 is 1. The quantitative estimate of drug-likeness (QED) is 0.667. The fourth-order valence-corrected chi connectivity index (χ4v) is 1.95. The van der Waals surface area contributed by atoms with Crippen LogP contribution >= 0.6 is 11.6 Å². The van der Waals surface area contributed by atoms with Gasteiger partial charge in [0, 0.05) is 24.9 Å². The van der Waals surface area contributed by atoms with Crippen LogP contribution in [-0.4, -0.2) is 37.7 Å². The van der Waals surface area contributed by atoms with Gasteiger partial charge in [-0.2, -0.15) is 0 Å². The minimum atomic E-state index is -0.359. The topological polar surface area (TPSA) is 79.5 Å². The molecule has 0 aliphatic heterocycles. The lowest BCUT2D eigenvalue weighted by atomic mass is 10.0. The lowest BCUT2D eigenvalue weighted by molar-refractivity contribution is 0.0911. The molecule has 0 spiro atoms. The zero-order valence-electron chi connectivity index (χ0n) is 14.0. The summed E-state index contributed by atoms with van der Waals surface area (Å²) in [6.07, 6.45) is 0.803.